The molecule has 0 spiro atoms. The minimum atomic E-state index is -1.01. The average molecular weight is 287 g/mol. The minimum Gasteiger partial charge on any atom is -0.481 e. The zero-order chi connectivity index (χ0) is 15.3. The van der Waals surface area contributed by atoms with E-state index in [1.54, 1.807) is 20.8 Å². The van der Waals surface area contributed by atoms with E-state index in [0.29, 0.717) is 0 Å². The number of hydrogen-bond acceptors (Lipinski definition) is 5. The number of rotatable bonds is 4. The van der Waals surface area contributed by atoms with Gasteiger partial charge in [0, 0.05) is 19.4 Å². The lowest BCUT2D eigenvalue weighted by atomic mass is 10.0. The van der Waals surface area contributed by atoms with Gasteiger partial charge in [-0.3, -0.25) is 9.59 Å². The van der Waals surface area contributed by atoms with Gasteiger partial charge in [-0.15, -0.1) is 0 Å². The molecule has 0 bridgehead atoms. The zero-order valence-corrected chi connectivity index (χ0v) is 12.0. The SMILES string of the molecule is CC(C)(C)OC(=O)NC[C@@H]1CC(=O)C[C@H](CC(=O)O)O1. The van der Waals surface area contributed by atoms with E-state index in [1.165, 1.54) is 0 Å². The molecule has 7 nitrogen and oxygen atoms in total. The Balaban J connectivity index is 2.41. The first-order chi connectivity index (χ1) is 9.15. The summed E-state index contributed by atoms with van der Waals surface area (Å²) < 4.78 is 10.5. The van der Waals surface area contributed by atoms with Crippen molar-refractivity contribution >= 4 is 17.8 Å². The molecule has 1 fully saturated rings. The maximum Gasteiger partial charge on any atom is 0.407 e. The summed E-state index contributed by atoms with van der Waals surface area (Å²) in [5.74, 6) is -1.07. The molecule has 0 aromatic rings. The van der Waals surface area contributed by atoms with Crippen LogP contribution in [-0.2, 0) is 19.1 Å². The quantitative estimate of drug-likeness (QED) is 0.803. The number of carboxylic acids is 1. The smallest absolute Gasteiger partial charge is 0.407 e. The molecule has 0 aliphatic carbocycles. The Hall–Kier alpha value is -1.63. The van der Waals surface area contributed by atoms with E-state index in [9.17, 15) is 14.4 Å². The number of ether oxygens (including phenoxy) is 2. The number of alkyl carbamates (subject to hydrolysis) is 1. The van der Waals surface area contributed by atoms with Crippen LogP contribution in [0.25, 0.3) is 0 Å². The van der Waals surface area contributed by atoms with Crippen LogP contribution in [0.15, 0.2) is 0 Å². The molecule has 1 heterocycles. The molecule has 0 radical (unpaired) electrons. The second-order valence-corrected chi connectivity index (χ2v) is 5.81. The fraction of sp³-hybridized carbons (Fsp3) is 0.769. The number of hydrogen-bond donors (Lipinski definition) is 2. The lowest BCUT2D eigenvalue weighted by molar-refractivity contribution is -0.147. The fourth-order valence-electron chi connectivity index (χ4n) is 1.91. The van der Waals surface area contributed by atoms with Crippen molar-refractivity contribution in [2.45, 2.75) is 57.8 Å². The number of ketones is 1. The van der Waals surface area contributed by atoms with E-state index >= 15 is 0 Å². The second-order valence-electron chi connectivity index (χ2n) is 5.81. The molecule has 1 amide bonds. The first-order valence-electron chi connectivity index (χ1n) is 6.51. The predicted octanol–water partition coefficient (Wildman–Crippen LogP) is 1.10. The van der Waals surface area contributed by atoms with Crippen LogP contribution in [0.3, 0.4) is 0 Å². The van der Waals surface area contributed by atoms with Crippen molar-refractivity contribution in [1.82, 2.24) is 5.32 Å². The summed E-state index contributed by atoms with van der Waals surface area (Å²) in [4.78, 5) is 33.6. The normalized spacial score (nSPS) is 23.2. The number of carbonyl (C=O) groups excluding carboxylic acids is 2. The number of nitrogens with one attached hydrogen (secondary N) is 1. The summed E-state index contributed by atoms with van der Waals surface area (Å²) in [6, 6.07) is 0. The van der Waals surface area contributed by atoms with Crippen LogP contribution in [-0.4, -0.2) is 47.3 Å². The molecule has 114 valence electrons. The highest BCUT2D eigenvalue weighted by molar-refractivity contribution is 5.81. The Morgan fingerprint density at radius 1 is 1.35 bits per heavy atom. The number of carboxylic acid groups (broad SMARTS) is 1. The van der Waals surface area contributed by atoms with Crippen molar-refractivity contribution in [2.24, 2.45) is 0 Å². The summed E-state index contributed by atoms with van der Waals surface area (Å²) in [6.45, 7) is 5.36. The molecular formula is C13H21NO6. The second kappa shape index (κ2) is 6.69. The molecule has 7 heteroatoms. The van der Waals surface area contributed by atoms with Crippen molar-refractivity contribution in [1.29, 1.82) is 0 Å². The highest BCUT2D eigenvalue weighted by Gasteiger charge is 2.30. The van der Waals surface area contributed by atoms with Gasteiger partial charge in [0.1, 0.15) is 11.4 Å². The maximum atomic E-state index is 11.5. The molecule has 2 atom stereocenters. The molecule has 0 unspecified atom stereocenters. The van der Waals surface area contributed by atoms with Crippen molar-refractivity contribution < 1.29 is 29.0 Å². The molecule has 0 saturated carbocycles. The summed E-state index contributed by atoms with van der Waals surface area (Å²) >= 11 is 0. The van der Waals surface area contributed by atoms with Crippen molar-refractivity contribution in [3.63, 3.8) is 0 Å². The van der Waals surface area contributed by atoms with Crippen LogP contribution < -0.4 is 5.32 Å². The Bertz CT molecular complexity index is 385. The van der Waals surface area contributed by atoms with E-state index in [2.05, 4.69) is 5.32 Å². The number of Topliss-reactive ketones (excluding diaryl/α,β-unsaturated/α-hetero) is 1. The molecule has 20 heavy (non-hydrogen) atoms. The zero-order valence-electron chi connectivity index (χ0n) is 12.0. The average Bonchev–Trinajstić information content (AvgIpc) is 2.22. The van der Waals surface area contributed by atoms with Crippen LogP contribution in [0.5, 0.6) is 0 Å². The molecular weight excluding hydrogens is 266 g/mol. The number of amides is 1. The van der Waals surface area contributed by atoms with Crippen LogP contribution in [0, 0.1) is 0 Å². The first-order valence-corrected chi connectivity index (χ1v) is 6.51. The van der Waals surface area contributed by atoms with Gasteiger partial charge >= 0.3 is 12.1 Å². The van der Waals surface area contributed by atoms with Gasteiger partial charge in [0.05, 0.1) is 18.6 Å². The van der Waals surface area contributed by atoms with Crippen molar-refractivity contribution in [2.75, 3.05) is 6.54 Å². The van der Waals surface area contributed by atoms with E-state index < -0.39 is 29.9 Å². The van der Waals surface area contributed by atoms with Gasteiger partial charge in [0.2, 0.25) is 0 Å². The predicted molar refractivity (Wildman–Crippen MR) is 69.4 cm³/mol. The summed E-state index contributed by atoms with van der Waals surface area (Å²) in [7, 11) is 0. The molecule has 1 aliphatic rings. The van der Waals surface area contributed by atoms with Crippen molar-refractivity contribution in [3.05, 3.63) is 0 Å². The molecule has 1 aliphatic heterocycles. The summed E-state index contributed by atoms with van der Waals surface area (Å²) in [5.41, 5.74) is -0.598. The highest BCUT2D eigenvalue weighted by Crippen LogP contribution is 2.18. The van der Waals surface area contributed by atoms with Gasteiger partial charge < -0.3 is 19.9 Å². The van der Waals surface area contributed by atoms with E-state index in [4.69, 9.17) is 14.6 Å². The van der Waals surface area contributed by atoms with Crippen LogP contribution >= 0.6 is 0 Å². The number of carbonyl (C=O) groups is 3. The Kier molecular flexibility index (Phi) is 5.50. The van der Waals surface area contributed by atoms with Gasteiger partial charge in [-0.2, -0.15) is 0 Å². The van der Waals surface area contributed by atoms with Crippen LogP contribution in [0.1, 0.15) is 40.0 Å². The monoisotopic (exact) mass is 287 g/mol. The lowest BCUT2D eigenvalue weighted by Crippen LogP contribution is -2.43. The Morgan fingerprint density at radius 2 is 1.95 bits per heavy atom. The molecule has 0 aromatic heterocycles. The Labute approximate surface area is 117 Å². The Morgan fingerprint density at radius 3 is 2.50 bits per heavy atom. The van der Waals surface area contributed by atoms with Gasteiger partial charge in [0.25, 0.3) is 0 Å². The third kappa shape index (κ3) is 6.51. The lowest BCUT2D eigenvalue weighted by Gasteiger charge is -2.29. The number of aliphatic carboxylic acids is 1. The molecule has 2 N–H and O–H groups in total. The fourth-order valence-corrected chi connectivity index (χ4v) is 1.91. The van der Waals surface area contributed by atoms with Gasteiger partial charge in [-0.1, -0.05) is 0 Å². The molecule has 1 rings (SSSR count). The summed E-state index contributed by atoms with van der Waals surface area (Å²) in [5, 5.41) is 11.2. The standard InChI is InChI=1S/C13H21NO6/c1-13(2,3)20-12(18)14-7-10-5-8(15)4-9(19-10)6-11(16)17/h9-10H,4-7H2,1-3H3,(H,14,18)(H,16,17)/t9-,10+/m1/s1. The van der Waals surface area contributed by atoms with E-state index in [0.717, 1.165) is 0 Å². The summed E-state index contributed by atoms with van der Waals surface area (Å²) in [6.07, 6.45) is -1.66. The molecule has 1 saturated heterocycles. The van der Waals surface area contributed by atoms with E-state index in [1.807, 2.05) is 0 Å². The molecule has 0 aromatic carbocycles. The van der Waals surface area contributed by atoms with Gasteiger partial charge in [-0.25, -0.2) is 4.79 Å². The van der Waals surface area contributed by atoms with E-state index in [-0.39, 0.29) is 31.6 Å². The first kappa shape index (κ1) is 16.4. The van der Waals surface area contributed by atoms with Crippen LogP contribution in [0.2, 0.25) is 0 Å². The third-order valence-corrected chi connectivity index (χ3v) is 2.57. The van der Waals surface area contributed by atoms with Crippen LogP contribution in [0.4, 0.5) is 4.79 Å². The van der Waals surface area contributed by atoms with Gasteiger partial charge in [-0.05, 0) is 20.8 Å². The third-order valence-electron chi connectivity index (χ3n) is 2.57. The largest absolute Gasteiger partial charge is 0.481 e. The highest BCUT2D eigenvalue weighted by atomic mass is 16.6. The van der Waals surface area contributed by atoms with Crippen molar-refractivity contribution in [3.8, 4) is 0 Å². The topological polar surface area (TPSA) is 102 Å². The van der Waals surface area contributed by atoms with Gasteiger partial charge in [0.15, 0.2) is 0 Å². The maximum absolute atomic E-state index is 11.5. The minimum absolute atomic E-state index is 0.0570.